The summed E-state index contributed by atoms with van der Waals surface area (Å²) in [6, 6.07) is 8.24. The second-order valence-corrected chi connectivity index (χ2v) is 6.65. The first kappa shape index (κ1) is 19.7. The summed E-state index contributed by atoms with van der Waals surface area (Å²) in [7, 11) is 2.82. The largest absolute Gasteiger partial charge is 0.496 e. The standard InChI is InChI=1S/C19H21NO5S/c1-12(21)13-6-7-16(24-2)14(9-13)10-18(22)20-15(11-19(23)25-3)17-5-4-8-26-17/h4-9,15H,10-11H2,1-3H3,(H,20,22)/t15-/m1/s1. The van der Waals surface area contributed by atoms with E-state index < -0.39 is 12.0 Å². The van der Waals surface area contributed by atoms with Gasteiger partial charge in [-0.1, -0.05) is 6.07 Å². The Labute approximate surface area is 156 Å². The predicted octanol–water partition coefficient (Wildman–Crippen LogP) is 2.92. The van der Waals surface area contributed by atoms with Crippen LogP contribution >= 0.6 is 11.3 Å². The van der Waals surface area contributed by atoms with Crippen LogP contribution in [0, 0.1) is 0 Å². The van der Waals surface area contributed by atoms with E-state index in [4.69, 9.17) is 9.47 Å². The van der Waals surface area contributed by atoms with Crippen molar-refractivity contribution in [2.45, 2.75) is 25.8 Å². The average molecular weight is 375 g/mol. The minimum Gasteiger partial charge on any atom is -0.496 e. The third-order valence-electron chi connectivity index (χ3n) is 3.86. The predicted molar refractivity (Wildman–Crippen MR) is 98.5 cm³/mol. The van der Waals surface area contributed by atoms with Gasteiger partial charge in [-0.3, -0.25) is 14.4 Å². The van der Waals surface area contributed by atoms with Crippen LogP contribution < -0.4 is 10.1 Å². The van der Waals surface area contributed by atoms with E-state index in [2.05, 4.69) is 5.32 Å². The van der Waals surface area contributed by atoms with Crippen LogP contribution in [0.4, 0.5) is 0 Å². The molecule has 138 valence electrons. The molecule has 1 aromatic carbocycles. The van der Waals surface area contributed by atoms with Crippen LogP contribution in [-0.4, -0.2) is 31.9 Å². The van der Waals surface area contributed by atoms with E-state index in [0.717, 1.165) is 4.88 Å². The average Bonchev–Trinajstić information content (AvgIpc) is 3.15. The summed E-state index contributed by atoms with van der Waals surface area (Å²) in [4.78, 5) is 36.6. The van der Waals surface area contributed by atoms with E-state index in [1.54, 1.807) is 18.2 Å². The van der Waals surface area contributed by atoms with E-state index in [9.17, 15) is 14.4 Å². The van der Waals surface area contributed by atoms with E-state index >= 15 is 0 Å². The molecule has 0 spiro atoms. The molecule has 0 radical (unpaired) electrons. The highest BCUT2D eigenvalue weighted by atomic mass is 32.1. The number of thiophene rings is 1. The van der Waals surface area contributed by atoms with Gasteiger partial charge in [-0.2, -0.15) is 0 Å². The number of nitrogens with one attached hydrogen (secondary N) is 1. The minimum atomic E-state index is -0.461. The zero-order chi connectivity index (χ0) is 19.1. The maximum atomic E-state index is 12.5. The summed E-state index contributed by atoms with van der Waals surface area (Å²) in [5.74, 6) is -0.228. The molecular weight excluding hydrogens is 354 g/mol. The number of ether oxygens (including phenoxy) is 2. The van der Waals surface area contributed by atoms with E-state index in [-0.39, 0.29) is 24.5 Å². The van der Waals surface area contributed by atoms with Gasteiger partial charge in [0.05, 0.1) is 33.1 Å². The number of rotatable bonds is 8. The fourth-order valence-electron chi connectivity index (χ4n) is 2.52. The van der Waals surface area contributed by atoms with E-state index in [1.165, 1.54) is 32.5 Å². The van der Waals surface area contributed by atoms with Gasteiger partial charge in [0.25, 0.3) is 0 Å². The van der Waals surface area contributed by atoms with Crippen LogP contribution in [0.5, 0.6) is 5.75 Å². The molecule has 0 aliphatic heterocycles. The molecule has 2 rings (SSSR count). The Bertz CT molecular complexity index is 785. The quantitative estimate of drug-likeness (QED) is 0.567. The zero-order valence-corrected chi connectivity index (χ0v) is 15.7. The van der Waals surface area contributed by atoms with Crippen LogP contribution in [0.25, 0.3) is 0 Å². The summed E-state index contributed by atoms with van der Waals surface area (Å²) < 4.78 is 9.99. The second kappa shape index (κ2) is 9.15. The lowest BCUT2D eigenvalue weighted by molar-refractivity contribution is -0.141. The van der Waals surface area contributed by atoms with Crippen LogP contribution in [0.1, 0.15) is 40.2 Å². The van der Waals surface area contributed by atoms with E-state index in [1.807, 2.05) is 17.5 Å². The number of methoxy groups -OCH3 is 2. The molecule has 2 aromatic rings. The Hall–Kier alpha value is -2.67. The van der Waals surface area contributed by atoms with Crippen molar-refractivity contribution < 1.29 is 23.9 Å². The fraction of sp³-hybridized carbons (Fsp3) is 0.316. The van der Waals surface area contributed by atoms with Crippen molar-refractivity contribution in [1.29, 1.82) is 0 Å². The molecule has 7 heteroatoms. The molecule has 26 heavy (non-hydrogen) atoms. The van der Waals surface area contributed by atoms with Gasteiger partial charge in [-0.05, 0) is 36.6 Å². The SMILES string of the molecule is COC(=O)C[C@@H](NC(=O)Cc1cc(C(C)=O)ccc1OC)c1cccs1. The number of amides is 1. The van der Waals surface area contributed by atoms with Crippen LogP contribution in [0.15, 0.2) is 35.7 Å². The van der Waals surface area contributed by atoms with Crippen LogP contribution in [-0.2, 0) is 20.7 Å². The summed E-state index contributed by atoms with van der Waals surface area (Å²) in [6.45, 7) is 1.47. The number of hydrogen-bond donors (Lipinski definition) is 1. The van der Waals surface area contributed by atoms with Gasteiger partial charge in [-0.15, -0.1) is 11.3 Å². The first-order valence-electron chi connectivity index (χ1n) is 8.02. The molecule has 1 N–H and O–H groups in total. The van der Waals surface area contributed by atoms with Gasteiger partial charge in [-0.25, -0.2) is 0 Å². The Kier molecular flexibility index (Phi) is 6.91. The Morgan fingerprint density at radius 3 is 2.54 bits per heavy atom. The van der Waals surface area contributed by atoms with Gasteiger partial charge in [0.15, 0.2) is 5.78 Å². The van der Waals surface area contributed by atoms with E-state index in [0.29, 0.717) is 16.9 Å². The molecule has 0 saturated carbocycles. The van der Waals surface area contributed by atoms with Gasteiger partial charge >= 0.3 is 5.97 Å². The first-order valence-corrected chi connectivity index (χ1v) is 8.90. The molecule has 6 nitrogen and oxygen atoms in total. The molecule has 0 saturated heterocycles. The number of ketones is 1. The lowest BCUT2D eigenvalue weighted by Gasteiger charge is -2.17. The van der Waals surface area contributed by atoms with Crippen molar-refractivity contribution >= 4 is 29.0 Å². The Morgan fingerprint density at radius 1 is 1.19 bits per heavy atom. The number of carbonyl (C=O) groups excluding carboxylic acids is 3. The van der Waals surface area contributed by atoms with Crippen molar-refractivity contribution in [3.63, 3.8) is 0 Å². The van der Waals surface area contributed by atoms with Crippen molar-refractivity contribution in [1.82, 2.24) is 5.32 Å². The van der Waals surface area contributed by atoms with Crippen molar-refractivity contribution in [3.8, 4) is 5.75 Å². The minimum absolute atomic E-state index is 0.0351. The molecule has 1 heterocycles. The summed E-state index contributed by atoms with van der Waals surface area (Å²) in [5.41, 5.74) is 1.12. The third-order valence-corrected chi connectivity index (χ3v) is 4.84. The van der Waals surface area contributed by atoms with Crippen molar-refractivity contribution in [2.75, 3.05) is 14.2 Å². The molecule has 1 atom stereocenters. The highest BCUT2D eigenvalue weighted by molar-refractivity contribution is 7.10. The van der Waals surface area contributed by atoms with Gasteiger partial charge in [0.2, 0.25) is 5.91 Å². The highest BCUT2D eigenvalue weighted by Crippen LogP contribution is 2.24. The summed E-state index contributed by atoms with van der Waals surface area (Å²) in [6.07, 6.45) is 0.0840. The zero-order valence-electron chi connectivity index (χ0n) is 14.9. The van der Waals surface area contributed by atoms with Crippen molar-refractivity contribution in [2.24, 2.45) is 0 Å². The molecule has 0 fully saturated rings. The molecule has 0 bridgehead atoms. The van der Waals surface area contributed by atoms with Gasteiger partial charge in [0.1, 0.15) is 5.75 Å². The smallest absolute Gasteiger partial charge is 0.307 e. The highest BCUT2D eigenvalue weighted by Gasteiger charge is 2.21. The third kappa shape index (κ3) is 5.16. The molecule has 0 unspecified atom stereocenters. The van der Waals surface area contributed by atoms with Gasteiger partial charge < -0.3 is 14.8 Å². The lowest BCUT2D eigenvalue weighted by atomic mass is 10.0. The maximum Gasteiger partial charge on any atom is 0.307 e. The number of carbonyl (C=O) groups is 3. The first-order chi connectivity index (χ1) is 12.4. The Balaban J connectivity index is 2.16. The summed E-state index contributed by atoms with van der Waals surface area (Å²) in [5, 5.41) is 4.74. The number of esters is 1. The number of Topliss-reactive ketones (excluding diaryl/α,β-unsaturated/α-hetero) is 1. The molecular formula is C19H21NO5S. The fourth-order valence-corrected chi connectivity index (χ4v) is 3.29. The summed E-state index contributed by atoms with van der Waals surface area (Å²) >= 11 is 1.45. The maximum absolute atomic E-state index is 12.5. The Morgan fingerprint density at radius 2 is 1.96 bits per heavy atom. The van der Waals surface area contributed by atoms with Crippen LogP contribution in [0.2, 0.25) is 0 Å². The molecule has 0 aliphatic carbocycles. The lowest BCUT2D eigenvalue weighted by Crippen LogP contribution is -2.31. The van der Waals surface area contributed by atoms with Crippen molar-refractivity contribution in [3.05, 3.63) is 51.7 Å². The van der Waals surface area contributed by atoms with Crippen LogP contribution in [0.3, 0.4) is 0 Å². The number of benzene rings is 1. The van der Waals surface area contributed by atoms with Gasteiger partial charge in [0, 0.05) is 16.0 Å². The molecule has 0 aliphatic rings. The monoisotopic (exact) mass is 375 g/mol. The second-order valence-electron chi connectivity index (χ2n) is 5.68. The number of hydrogen-bond acceptors (Lipinski definition) is 6. The molecule has 1 aromatic heterocycles. The topological polar surface area (TPSA) is 81.7 Å². The molecule has 1 amide bonds. The normalized spacial score (nSPS) is 11.5.